The Morgan fingerprint density at radius 1 is 1.20 bits per heavy atom. The molecule has 20 heavy (non-hydrogen) atoms. The van der Waals surface area contributed by atoms with Gasteiger partial charge in [-0.3, -0.25) is 0 Å². The van der Waals surface area contributed by atoms with Crippen molar-refractivity contribution in [3.63, 3.8) is 0 Å². The van der Waals surface area contributed by atoms with E-state index in [1.54, 1.807) is 0 Å². The van der Waals surface area contributed by atoms with Crippen LogP contribution in [0, 0.1) is 11.6 Å². The van der Waals surface area contributed by atoms with Crippen LogP contribution in [0.5, 0.6) is 5.75 Å². The van der Waals surface area contributed by atoms with Crippen molar-refractivity contribution in [3.05, 3.63) is 29.8 Å². The number of hydrogen-bond acceptors (Lipinski definition) is 4. The Balaban J connectivity index is 1.79. The minimum atomic E-state index is -5.06. The first-order chi connectivity index (χ1) is 9.25. The van der Waals surface area contributed by atoms with Gasteiger partial charge in [0.2, 0.25) is 0 Å². The third-order valence-electron chi connectivity index (χ3n) is 2.45. The maximum absolute atomic E-state index is 12.9. The molecule has 0 aliphatic carbocycles. The van der Waals surface area contributed by atoms with Crippen molar-refractivity contribution in [2.24, 2.45) is 0 Å². The Labute approximate surface area is 109 Å². The zero-order chi connectivity index (χ0) is 14.9. The highest BCUT2D eigenvalue weighted by Gasteiger charge is 2.44. The van der Waals surface area contributed by atoms with E-state index in [1.165, 1.54) is 6.07 Å². The van der Waals surface area contributed by atoms with Crippen molar-refractivity contribution in [2.75, 3.05) is 13.1 Å². The van der Waals surface area contributed by atoms with E-state index in [1.807, 2.05) is 0 Å². The molecule has 0 amide bonds. The molecule has 1 aliphatic rings. The third-order valence-corrected chi connectivity index (χ3v) is 2.45. The highest BCUT2D eigenvalue weighted by Crippen LogP contribution is 2.23. The lowest BCUT2D eigenvalue weighted by Crippen LogP contribution is -2.55. The van der Waals surface area contributed by atoms with E-state index in [4.69, 9.17) is 4.74 Å². The van der Waals surface area contributed by atoms with E-state index in [9.17, 15) is 26.7 Å². The van der Waals surface area contributed by atoms with Crippen LogP contribution in [0.2, 0.25) is 0 Å². The standard InChI is InChI=1S/C11H8F5NO3/c12-8-2-1-6(3-9(8)13)19-7-4-17(5-7)20-10(18)11(14,15)16/h1-3,7H,4-5H2. The van der Waals surface area contributed by atoms with Crippen LogP contribution in [0.25, 0.3) is 0 Å². The fourth-order valence-corrected chi connectivity index (χ4v) is 1.46. The van der Waals surface area contributed by atoms with Crippen LogP contribution in [0.1, 0.15) is 0 Å². The normalized spacial score (nSPS) is 16.6. The molecule has 1 fully saturated rings. The summed E-state index contributed by atoms with van der Waals surface area (Å²) in [6.07, 6.45) is -5.63. The molecule has 1 aromatic rings. The second-order valence-corrected chi connectivity index (χ2v) is 4.04. The molecular formula is C11H8F5NO3. The summed E-state index contributed by atoms with van der Waals surface area (Å²) in [5.74, 6) is -4.41. The molecule has 0 unspecified atom stereocenters. The summed E-state index contributed by atoms with van der Waals surface area (Å²) in [7, 11) is 0. The SMILES string of the molecule is O=C(ON1CC(Oc2ccc(F)c(F)c2)C1)C(F)(F)F. The molecule has 0 radical (unpaired) electrons. The number of hydroxylamine groups is 2. The second kappa shape index (κ2) is 5.23. The monoisotopic (exact) mass is 297 g/mol. The number of hydrogen-bond donors (Lipinski definition) is 0. The molecule has 0 aromatic heterocycles. The average molecular weight is 297 g/mol. The summed E-state index contributed by atoms with van der Waals surface area (Å²) < 4.78 is 66.3. The molecule has 0 spiro atoms. The topological polar surface area (TPSA) is 38.8 Å². The van der Waals surface area contributed by atoms with Crippen molar-refractivity contribution >= 4 is 5.97 Å². The van der Waals surface area contributed by atoms with Gasteiger partial charge in [0.05, 0.1) is 13.1 Å². The number of carbonyl (C=O) groups is 1. The Kier molecular flexibility index (Phi) is 3.80. The van der Waals surface area contributed by atoms with Crippen molar-refractivity contribution in [1.82, 2.24) is 5.06 Å². The summed E-state index contributed by atoms with van der Waals surface area (Å²) >= 11 is 0. The van der Waals surface area contributed by atoms with Gasteiger partial charge in [-0.25, -0.2) is 13.6 Å². The quantitative estimate of drug-likeness (QED) is 0.800. The van der Waals surface area contributed by atoms with Gasteiger partial charge in [0, 0.05) is 6.07 Å². The fraction of sp³-hybridized carbons (Fsp3) is 0.364. The van der Waals surface area contributed by atoms with Gasteiger partial charge in [-0.05, 0) is 12.1 Å². The zero-order valence-corrected chi connectivity index (χ0v) is 9.79. The highest BCUT2D eigenvalue weighted by atomic mass is 19.4. The Bertz CT molecular complexity index is 513. The number of rotatable bonds is 3. The van der Waals surface area contributed by atoms with E-state index in [0.29, 0.717) is 0 Å². The van der Waals surface area contributed by atoms with Gasteiger partial charge in [-0.15, -0.1) is 5.06 Å². The van der Waals surface area contributed by atoms with Crippen molar-refractivity contribution in [1.29, 1.82) is 0 Å². The summed E-state index contributed by atoms with van der Waals surface area (Å²) in [6.45, 7) is -0.193. The van der Waals surface area contributed by atoms with Gasteiger partial charge in [0.25, 0.3) is 0 Å². The number of nitrogens with zero attached hydrogens (tertiary/aromatic N) is 1. The lowest BCUT2D eigenvalue weighted by atomic mass is 10.2. The second-order valence-electron chi connectivity index (χ2n) is 4.04. The molecule has 1 heterocycles. The predicted molar refractivity (Wildman–Crippen MR) is 54.5 cm³/mol. The molecule has 0 N–H and O–H groups in total. The predicted octanol–water partition coefficient (Wildman–Crippen LogP) is 2.05. The van der Waals surface area contributed by atoms with E-state index in [2.05, 4.69) is 4.84 Å². The van der Waals surface area contributed by atoms with Crippen LogP contribution in [0.15, 0.2) is 18.2 Å². The number of halogens is 5. The van der Waals surface area contributed by atoms with Gasteiger partial charge >= 0.3 is 12.1 Å². The largest absolute Gasteiger partial charge is 0.492 e. The molecule has 1 aromatic carbocycles. The van der Waals surface area contributed by atoms with Crippen LogP contribution >= 0.6 is 0 Å². The lowest BCUT2D eigenvalue weighted by Gasteiger charge is -2.36. The van der Waals surface area contributed by atoms with Gasteiger partial charge in [-0.2, -0.15) is 13.2 Å². The maximum atomic E-state index is 12.9. The summed E-state index contributed by atoms with van der Waals surface area (Å²) in [6, 6.07) is 2.87. The number of carbonyl (C=O) groups excluding carboxylic acids is 1. The Morgan fingerprint density at radius 2 is 1.85 bits per heavy atom. The van der Waals surface area contributed by atoms with Gasteiger partial charge < -0.3 is 9.57 Å². The van der Waals surface area contributed by atoms with E-state index < -0.39 is 29.9 Å². The molecule has 0 atom stereocenters. The molecule has 0 bridgehead atoms. The van der Waals surface area contributed by atoms with Crippen LogP contribution in [0.3, 0.4) is 0 Å². The number of ether oxygens (including phenoxy) is 1. The molecule has 1 saturated heterocycles. The Hall–Kier alpha value is -1.90. The summed E-state index contributed by atoms with van der Waals surface area (Å²) in [5, 5.41) is 0.764. The lowest BCUT2D eigenvalue weighted by molar-refractivity contribution is -0.262. The first-order valence-corrected chi connectivity index (χ1v) is 5.41. The highest BCUT2D eigenvalue weighted by molar-refractivity contribution is 5.75. The van der Waals surface area contributed by atoms with Crippen LogP contribution in [-0.4, -0.2) is 36.4 Å². The van der Waals surface area contributed by atoms with E-state index >= 15 is 0 Å². The fourth-order valence-electron chi connectivity index (χ4n) is 1.46. The first-order valence-electron chi connectivity index (χ1n) is 5.41. The van der Waals surface area contributed by atoms with Gasteiger partial charge in [0.15, 0.2) is 11.6 Å². The molecular weight excluding hydrogens is 289 g/mol. The molecule has 4 nitrogen and oxygen atoms in total. The van der Waals surface area contributed by atoms with Crippen molar-refractivity contribution in [3.8, 4) is 5.75 Å². The van der Waals surface area contributed by atoms with E-state index in [0.717, 1.165) is 17.2 Å². The summed E-state index contributed by atoms with van der Waals surface area (Å²) in [5.41, 5.74) is 0. The van der Waals surface area contributed by atoms with E-state index in [-0.39, 0.29) is 18.8 Å². The smallest absolute Gasteiger partial charge is 0.487 e. The van der Waals surface area contributed by atoms with Crippen LogP contribution < -0.4 is 4.74 Å². The van der Waals surface area contributed by atoms with Gasteiger partial charge in [0.1, 0.15) is 11.9 Å². The minimum Gasteiger partial charge on any atom is -0.487 e. The molecule has 110 valence electrons. The third kappa shape index (κ3) is 3.35. The Morgan fingerprint density at radius 3 is 2.40 bits per heavy atom. The van der Waals surface area contributed by atoms with Crippen molar-refractivity contribution < 1.29 is 36.3 Å². The number of benzene rings is 1. The molecule has 2 rings (SSSR count). The molecule has 9 heteroatoms. The van der Waals surface area contributed by atoms with Crippen LogP contribution in [-0.2, 0) is 9.63 Å². The molecule has 0 saturated carbocycles. The summed E-state index contributed by atoms with van der Waals surface area (Å²) in [4.78, 5) is 14.5. The van der Waals surface area contributed by atoms with Gasteiger partial charge in [-0.1, -0.05) is 0 Å². The first kappa shape index (κ1) is 14.5. The molecule has 1 aliphatic heterocycles. The number of alkyl halides is 3. The zero-order valence-electron chi connectivity index (χ0n) is 9.79. The van der Waals surface area contributed by atoms with Crippen molar-refractivity contribution in [2.45, 2.75) is 12.3 Å². The maximum Gasteiger partial charge on any atom is 0.492 e. The minimum absolute atomic E-state index is 0.0377. The van der Waals surface area contributed by atoms with Crippen LogP contribution in [0.4, 0.5) is 22.0 Å². The average Bonchev–Trinajstić information content (AvgIpc) is 2.29.